The molecule has 1 rings (SSSR count). The third-order valence-corrected chi connectivity index (χ3v) is 2.48. The molecule has 0 aliphatic rings. The summed E-state index contributed by atoms with van der Waals surface area (Å²) >= 11 is 0. The number of rotatable bonds is 6. The Bertz CT molecular complexity index is 471. The highest BCUT2D eigenvalue weighted by Crippen LogP contribution is 2.11. The number of hydrogen-bond donors (Lipinski definition) is 1. The Balaban J connectivity index is 2.60. The van der Waals surface area contributed by atoms with Crippen molar-refractivity contribution >= 4 is 23.3 Å². The minimum Gasteiger partial charge on any atom is -0.543 e. The average Bonchev–Trinajstić information content (AvgIpc) is 2.42. The molecule has 1 amide bonds. The molecule has 0 aromatic heterocycles. The Morgan fingerprint density at radius 3 is 2.47 bits per heavy atom. The fourth-order valence-electron chi connectivity index (χ4n) is 1.43. The molecule has 0 radical (unpaired) electrons. The molecular weight excluding hydrogens is 246 g/mol. The van der Waals surface area contributed by atoms with Gasteiger partial charge >= 0.3 is 0 Å². The number of likely N-dealkylation sites (N-methyl/N-ethyl adjacent to an activating group) is 1. The number of carboxylic acids is 1. The lowest BCUT2D eigenvalue weighted by Gasteiger charge is -2.21. The Labute approximate surface area is 111 Å². The van der Waals surface area contributed by atoms with Crippen LogP contribution in [0.3, 0.4) is 0 Å². The van der Waals surface area contributed by atoms with Crippen molar-refractivity contribution in [1.29, 1.82) is 0 Å². The zero-order valence-corrected chi connectivity index (χ0v) is 10.9. The standard InChI is InChI=1S/C13H17N3O3/c1-3-16(11-7-5-4-6-8-11)9-12(17)15-14-10(2)13(18)19/h4-8H,3,9H2,1-2H3,(H,15,17)(H,18,19)/p-1/b14-10+. The van der Waals surface area contributed by atoms with Crippen molar-refractivity contribution in [2.45, 2.75) is 13.8 Å². The van der Waals surface area contributed by atoms with E-state index < -0.39 is 5.97 Å². The van der Waals surface area contributed by atoms with Crippen molar-refractivity contribution in [2.75, 3.05) is 18.0 Å². The quantitative estimate of drug-likeness (QED) is 0.566. The molecule has 1 aromatic carbocycles. The molecule has 0 atom stereocenters. The molecule has 0 spiro atoms. The molecule has 0 saturated carbocycles. The molecule has 0 unspecified atom stereocenters. The lowest BCUT2D eigenvalue weighted by Crippen LogP contribution is -2.37. The molecule has 0 heterocycles. The maximum Gasteiger partial charge on any atom is 0.259 e. The van der Waals surface area contributed by atoms with Gasteiger partial charge in [-0.15, -0.1) is 0 Å². The summed E-state index contributed by atoms with van der Waals surface area (Å²) in [5.74, 6) is -1.79. The second-order valence-electron chi connectivity index (χ2n) is 3.87. The van der Waals surface area contributed by atoms with Crippen molar-refractivity contribution < 1.29 is 14.7 Å². The van der Waals surface area contributed by atoms with E-state index in [1.54, 1.807) is 0 Å². The fraction of sp³-hybridized carbons (Fsp3) is 0.308. The van der Waals surface area contributed by atoms with Gasteiger partial charge in [0.15, 0.2) is 0 Å². The number of hydrazone groups is 1. The topological polar surface area (TPSA) is 84.8 Å². The summed E-state index contributed by atoms with van der Waals surface area (Å²) in [5, 5.41) is 13.8. The molecule has 0 bridgehead atoms. The van der Waals surface area contributed by atoms with Crippen LogP contribution in [0.1, 0.15) is 13.8 Å². The van der Waals surface area contributed by atoms with Gasteiger partial charge in [-0.2, -0.15) is 5.10 Å². The fourth-order valence-corrected chi connectivity index (χ4v) is 1.43. The molecule has 102 valence electrons. The summed E-state index contributed by atoms with van der Waals surface area (Å²) in [6.45, 7) is 3.94. The molecule has 6 nitrogen and oxygen atoms in total. The minimum atomic E-state index is -1.41. The van der Waals surface area contributed by atoms with Gasteiger partial charge in [0.1, 0.15) is 0 Å². The predicted molar refractivity (Wildman–Crippen MR) is 70.6 cm³/mol. The first kappa shape index (κ1) is 14.7. The van der Waals surface area contributed by atoms with Crippen molar-refractivity contribution in [1.82, 2.24) is 5.43 Å². The normalized spacial score (nSPS) is 10.9. The zero-order chi connectivity index (χ0) is 14.3. The third-order valence-electron chi connectivity index (χ3n) is 2.48. The van der Waals surface area contributed by atoms with E-state index in [4.69, 9.17) is 0 Å². The molecule has 1 aromatic rings. The van der Waals surface area contributed by atoms with Crippen LogP contribution in [0.4, 0.5) is 5.69 Å². The van der Waals surface area contributed by atoms with Gasteiger partial charge in [-0.25, -0.2) is 5.43 Å². The van der Waals surface area contributed by atoms with Crippen molar-refractivity contribution in [3.63, 3.8) is 0 Å². The summed E-state index contributed by atoms with van der Waals surface area (Å²) in [6.07, 6.45) is 0. The maximum atomic E-state index is 11.6. The molecule has 19 heavy (non-hydrogen) atoms. The van der Waals surface area contributed by atoms with Crippen molar-refractivity contribution in [2.24, 2.45) is 5.10 Å². The van der Waals surface area contributed by atoms with Crippen LogP contribution in [-0.2, 0) is 9.59 Å². The lowest BCUT2D eigenvalue weighted by atomic mass is 10.3. The number of hydrogen-bond acceptors (Lipinski definition) is 5. The largest absolute Gasteiger partial charge is 0.543 e. The number of benzene rings is 1. The van der Waals surface area contributed by atoms with Gasteiger partial charge in [-0.05, 0) is 26.0 Å². The highest BCUT2D eigenvalue weighted by Gasteiger charge is 2.09. The molecule has 0 aliphatic carbocycles. The van der Waals surface area contributed by atoms with Crippen LogP contribution >= 0.6 is 0 Å². The second kappa shape index (κ2) is 7.15. The van der Waals surface area contributed by atoms with Gasteiger partial charge in [0.2, 0.25) is 0 Å². The summed E-state index contributed by atoms with van der Waals surface area (Å²) in [7, 11) is 0. The molecular formula is C13H16N3O3-. The van der Waals surface area contributed by atoms with Gasteiger partial charge in [-0.3, -0.25) is 4.79 Å². The number of nitrogens with one attached hydrogen (secondary N) is 1. The molecule has 0 saturated heterocycles. The van der Waals surface area contributed by atoms with Crippen LogP contribution < -0.4 is 15.4 Å². The van der Waals surface area contributed by atoms with E-state index in [0.29, 0.717) is 6.54 Å². The number of amides is 1. The van der Waals surface area contributed by atoms with Crippen LogP contribution in [0.5, 0.6) is 0 Å². The number of nitrogens with zero attached hydrogens (tertiary/aromatic N) is 2. The average molecular weight is 262 g/mol. The number of aliphatic carboxylic acids is 1. The van der Waals surface area contributed by atoms with E-state index >= 15 is 0 Å². The van der Waals surface area contributed by atoms with Gasteiger partial charge in [-0.1, -0.05) is 18.2 Å². The minimum absolute atomic E-state index is 0.102. The summed E-state index contributed by atoms with van der Waals surface area (Å²) < 4.78 is 0. The molecule has 0 aliphatic heterocycles. The highest BCUT2D eigenvalue weighted by atomic mass is 16.4. The van der Waals surface area contributed by atoms with Gasteiger partial charge in [0.25, 0.3) is 5.91 Å². The summed E-state index contributed by atoms with van der Waals surface area (Å²) in [5.41, 5.74) is 2.83. The lowest BCUT2D eigenvalue weighted by molar-refractivity contribution is -0.294. The van der Waals surface area contributed by atoms with Crippen LogP contribution in [0.2, 0.25) is 0 Å². The number of para-hydroxylation sites is 1. The van der Waals surface area contributed by atoms with E-state index in [1.807, 2.05) is 42.2 Å². The first-order valence-electron chi connectivity index (χ1n) is 5.89. The summed E-state index contributed by atoms with van der Waals surface area (Å²) in [4.78, 5) is 23.9. The molecule has 1 N–H and O–H groups in total. The zero-order valence-electron chi connectivity index (χ0n) is 10.9. The number of anilines is 1. The van der Waals surface area contributed by atoms with E-state index in [9.17, 15) is 14.7 Å². The van der Waals surface area contributed by atoms with Gasteiger partial charge in [0, 0.05) is 12.2 Å². The van der Waals surface area contributed by atoms with E-state index in [0.717, 1.165) is 5.69 Å². The van der Waals surface area contributed by atoms with Crippen LogP contribution in [0, 0.1) is 0 Å². The Hall–Kier alpha value is -2.37. The van der Waals surface area contributed by atoms with Crippen molar-refractivity contribution in [3.05, 3.63) is 30.3 Å². The van der Waals surface area contributed by atoms with Crippen LogP contribution in [0.15, 0.2) is 35.4 Å². The van der Waals surface area contributed by atoms with E-state index in [2.05, 4.69) is 10.5 Å². The SMILES string of the molecule is CCN(CC(=O)N/N=C(\C)C(=O)[O-])c1ccccc1. The Kier molecular flexibility index (Phi) is 5.53. The number of carbonyl (C=O) groups excluding carboxylic acids is 2. The van der Waals surface area contributed by atoms with Gasteiger partial charge in [0.05, 0.1) is 18.2 Å². The smallest absolute Gasteiger partial charge is 0.259 e. The Morgan fingerprint density at radius 2 is 1.95 bits per heavy atom. The van der Waals surface area contributed by atoms with E-state index in [-0.39, 0.29) is 18.2 Å². The molecule has 0 fully saturated rings. The van der Waals surface area contributed by atoms with Crippen molar-refractivity contribution in [3.8, 4) is 0 Å². The van der Waals surface area contributed by atoms with Crippen LogP contribution in [-0.4, -0.2) is 30.7 Å². The second-order valence-corrected chi connectivity index (χ2v) is 3.87. The molecule has 6 heteroatoms. The maximum absolute atomic E-state index is 11.6. The highest BCUT2D eigenvalue weighted by molar-refractivity contribution is 6.33. The van der Waals surface area contributed by atoms with Gasteiger partial charge < -0.3 is 14.8 Å². The number of carbonyl (C=O) groups is 2. The Morgan fingerprint density at radius 1 is 1.32 bits per heavy atom. The predicted octanol–water partition coefficient (Wildman–Crippen LogP) is -0.245. The monoisotopic (exact) mass is 262 g/mol. The number of carboxylic acid groups (broad SMARTS) is 1. The summed E-state index contributed by atoms with van der Waals surface area (Å²) in [6, 6.07) is 9.45. The first-order valence-corrected chi connectivity index (χ1v) is 5.89. The van der Waals surface area contributed by atoms with E-state index in [1.165, 1.54) is 6.92 Å². The first-order chi connectivity index (χ1) is 9.04. The third kappa shape index (κ3) is 4.79. The van der Waals surface area contributed by atoms with Crippen LogP contribution in [0.25, 0.3) is 0 Å².